The molecule has 0 saturated heterocycles. The Labute approximate surface area is 119 Å². The van der Waals surface area contributed by atoms with Gasteiger partial charge in [-0.15, -0.1) is 0 Å². The molecule has 5 heteroatoms. The zero-order chi connectivity index (χ0) is 13.7. The fraction of sp³-hybridized carbons (Fsp3) is 0.214. The van der Waals surface area contributed by atoms with E-state index in [0.717, 1.165) is 11.1 Å². The number of hydrogen-bond acceptors (Lipinski definition) is 3. The molecule has 1 aromatic carbocycles. The summed E-state index contributed by atoms with van der Waals surface area (Å²) in [5, 5.41) is 2.82. The molecule has 0 saturated carbocycles. The average molecular weight is 324 g/mol. The second kappa shape index (κ2) is 6.54. The first-order chi connectivity index (χ1) is 9.20. The van der Waals surface area contributed by atoms with E-state index < -0.39 is 0 Å². The van der Waals surface area contributed by atoms with Gasteiger partial charge in [-0.05, 0) is 39.2 Å². The van der Waals surface area contributed by atoms with E-state index in [-0.39, 0.29) is 11.7 Å². The number of nitrogens with one attached hydrogen (secondary N) is 1. The van der Waals surface area contributed by atoms with E-state index in [4.69, 9.17) is 9.15 Å². The van der Waals surface area contributed by atoms with Crippen LogP contribution in [-0.4, -0.2) is 13.0 Å². The molecule has 1 aromatic heterocycles. The summed E-state index contributed by atoms with van der Waals surface area (Å²) < 4.78 is 10.9. The highest BCUT2D eigenvalue weighted by molar-refractivity contribution is 9.10. The lowest BCUT2D eigenvalue weighted by Gasteiger charge is -2.09. The van der Waals surface area contributed by atoms with Crippen LogP contribution in [0, 0.1) is 0 Å². The molecule has 0 radical (unpaired) electrons. The van der Waals surface area contributed by atoms with E-state index in [1.807, 2.05) is 24.3 Å². The molecule has 2 aromatic rings. The third kappa shape index (κ3) is 3.68. The van der Waals surface area contributed by atoms with Crippen molar-refractivity contribution in [3.05, 3.63) is 58.0 Å². The lowest BCUT2D eigenvalue weighted by molar-refractivity contribution is 0.0921. The number of furan rings is 1. The van der Waals surface area contributed by atoms with Gasteiger partial charge in [0.15, 0.2) is 10.4 Å². The highest BCUT2D eigenvalue weighted by atomic mass is 79.9. The van der Waals surface area contributed by atoms with E-state index in [1.165, 1.54) is 0 Å². The smallest absolute Gasteiger partial charge is 0.287 e. The minimum atomic E-state index is -0.238. The molecule has 0 fully saturated rings. The van der Waals surface area contributed by atoms with Gasteiger partial charge in [-0.3, -0.25) is 4.79 Å². The van der Waals surface area contributed by atoms with Crippen molar-refractivity contribution in [2.45, 2.75) is 13.2 Å². The van der Waals surface area contributed by atoms with Gasteiger partial charge in [0.05, 0.1) is 6.61 Å². The van der Waals surface area contributed by atoms with E-state index in [0.29, 0.717) is 17.8 Å². The van der Waals surface area contributed by atoms with Crippen LogP contribution in [0.4, 0.5) is 0 Å². The highest BCUT2D eigenvalue weighted by Crippen LogP contribution is 2.14. The van der Waals surface area contributed by atoms with Crippen LogP contribution in [-0.2, 0) is 17.9 Å². The molecule has 0 atom stereocenters. The molecular weight excluding hydrogens is 310 g/mol. The predicted octanol–water partition coefficient (Wildman–Crippen LogP) is 3.12. The summed E-state index contributed by atoms with van der Waals surface area (Å²) in [5.74, 6) is 0.0500. The molecule has 100 valence electrons. The summed E-state index contributed by atoms with van der Waals surface area (Å²) in [6.45, 7) is 0.967. The van der Waals surface area contributed by atoms with Crippen molar-refractivity contribution in [2.75, 3.05) is 7.11 Å². The van der Waals surface area contributed by atoms with Crippen LogP contribution < -0.4 is 5.32 Å². The lowest BCUT2D eigenvalue weighted by Crippen LogP contribution is -2.22. The van der Waals surface area contributed by atoms with Gasteiger partial charge in [-0.2, -0.15) is 0 Å². The number of benzene rings is 1. The monoisotopic (exact) mass is 323 g/mol. The maximum Gasteiger partial charge on any atom is 0.287 e. The van der Waals surface area contributed by atoms with Crippen LogP contribution >= 0.6 is 15.9 Å². The molecule has 0 aliphatic rings. The minimum absolute atomic E-state index is 0.238. The van der Waals surface area contributed by atoms with Crippen molar-refractivity contribution >= 4 is 21.8 Å². The van der Waals surface area contributed by atoms with E-state index in [2.05, 4.69) is 21.2 Å². The third-order valence-corrected chi connectivity index (χ3v) is 3.08. The molecule has 4 nitrogen and oxygen atoms in total. The summed E-state index contributed by atoms with van der Waals surface area (Å²) in [6, 6.07) is 11.1. The van der Waals surface area contributed by atoms with Crippen LogP contribution in [0.2, 0.25) is 0 Å². The number of carbonyl (C=O) groups is 1. The van der Waals surface area contributed by atoms with Crippen molar-refractivity contribution in [3.8, 4) is 0 Å². The van der Waals surface area contributed by atoms with Crippen LogP contribution in [0.1, 0.15) is 21.7 Å². The van der Waals surface area contributed by atoms with Crippen LogP contribution in [0.15, 0.2) is 45.5 Å². The third-order valence-electron chi connectivity index (χ3n) is 2.65. The largest absolute Gasteiger partial charge is 0.444 e. The van der Waals surface area contributed by atoms with Gasteiger partial charge in [0.1, 0.15) is 0 Å². The Morgan fingerprint density at radius 1 is 1.26 bits per heavy atom. The second-order valence-corrected chi connectivity index (χ2v) is 4.77. The SMILES string of the molecule is COCc1ccccc1CNC(=O)c1ccc(Br)o1. The molecule has 2 rings (SSSR count). The molecule has 0 unspecified atom stereocenters. The Kier molecular flexibility index (Phi) is 4.76. The van der Waals surface area contributed by atoms with E-state index in [1.54, 1.807) is 19.2 Å². The lowest BCUT2D eigenvalue weighted by atomic mass is 10.1. The molecule has 0 spiro atoms. The Hall–Kier alpha value is -1.59. The van der Waals surface area contributed by atoms with Crippen LogP contribution in [0.5, 0.6) is 0 Å². The Morgan fingerprint density at radius 2 is 2.00 bits per heavy atom. The van der Waals surface area contributed by atoms with E-state index in [9.17, 15) is 4.79 Å². The first-order valence-corrected chi connectivity index (χ1v) is 6.59. The van der Waals surface area contributed by atoms with Crippen molar-refractivity contribution in [3.63, 3.8) is 0 Å². The van der Waals surface area contributed by atoms with E-state index >= 15 is 0 Å². The summed E-state index contributed by atoms with van der Waals surface area (Å²) in [6.07, 6.45) is 0. The van der Waals surface area contributed by atoms with Crippen LogP contribution in [0.25, 0.3) is 0 Å². The molecule has 19 heavy (non-hydrogen) atoms. The summed E-state index contributed by atoms with van der Waals surface area (Å²) in [7, 11) is 1.65. The van der Waals surface area contributed by atoms with Gasteiger partial charge in [0.2, 0.25) is 0 Å². The maximum atomic E-state index is 11.8. The number of carbonyl (C=O) groups excluding carboxylic acids is 1. The van der Waals surface area contributed by atoms with Gasteiger partial charge in [0, 0.05) is 13.7 Å². The Balaban J connectivity index is 2.00. The van der Waals surface area contributed by atoms with Crippen molar-refractivity contribution in [2.24, 2.45) is 0 Å². The fourth-order valence-electron chi connectivity index (χ4n) is 1.73. The van der Waals surface area contributed by atoms with Crippen LogP contribution in [0.3, 0.4) is 0 Å². The number of rotatable bonds is 5. The molecular formula is C14H14BrNO3. The summed E-state index contributed by atoms with van der Waals surface area (Å²) in [5.41, 5.74) is 2.09. The summed E-state index contributed by atoms with van der Waals surface area (Å²) >= 11 is 3.17. The van der Waals surface area contributed by atoms with Gasteiger partial charge >= 0.3 is 0 Å². The van der Waals surface area contributed by atoms with Crippen molar-refractivity contribution in [1.29, 1.82) is 0 Å². The molecule has 1 amide bonds. The summed E-state index contributed by atoms with van der Waals surface area (Å²) in [4.78, 5) is 11.8. The number of amides is 1. The number of methoxy groups -OCH3 is 1. The normalized spacial score (nSPS) is 10.4. The van der Waals surface area contributed by atoms with Gasteiger partial charge in [-0.1, -0.05) is 24.3 Å². The molecule has 0 bridgehead atoms. The molecule has 1 heterocycles. The predicted molar refractivity (Wildman–Crippen MR) is 74.7 cm³/mol. The average Bonchev–Trinajstić information content (AvgIpc) is 2.84. The van der Waals surface area contributed by atoms with Crippen molar-refractivity contribution < 1.29 is 13.9 Å². The molecule has 0 aliphatic heterocycles. The van der Waals surface area contributed by atoms with Crippen molar-refractivity contribution in [1.82, 2.24) is 5.32 Å². The Morgan fingerprint density at radius 3 is 2.63 bits per heavy atom. The highest BCUT2D eigenvalue weighted by Gasteiger charge is 2.10. The first-order valence-electron chi connectivity index (χ1n) is 5.80. The molecule has 0 aliphatic carbocycles. The standard InChI is InChI=1S/C14H14BrNO3/c1-18-9-11-5-3-2-4-10(11)8-16-14(17)12-6-7-13(15)19-12/h2-7H,8-9H2,1H3,(H,16,17). The first kappa shape index (κ1) is 13.8. The zero-order valence-electron chi connectivity index (χ0n) is 10.5. The number of ether oxygens (including phenoxy) is 1. The minimum Gasteiger partial charge on any atom is -0.444 e. The van der Waals surface area contributed by atoms with Gasteiger partial charge in [0.25, 0.3) is 5.91 Å². The number of halogens is 1. The quantitative estimate of drug-likeness (QED) is 0.919. The molecule has 1 N–H and O–H groups in total. The number of hydrogen-bond donors (Lipinski definition) is 1. The van der Waals surface area contributed by atoms with Gasteiger partial charge in [-0.25, -0.2) is 0 Å². The fourth-order valence-corrected chi connectivity index (χ4v) is 2.03. The Bertz CT molecular complexity index is 565. The maximum absolute atomic E-state index is 11.8. The zero-order valence-corrected chi connectivity index (χ0v) is 12.1. The second-order valence-electron chi connectivity index (χ2n) is 3.99. The van der Waals surface area contributed by atoms with Gasteiger partial charge < -0.3 is 14.5 Å². The topological polar surface area (TPSA) is 51.5 Å².